The van der Waals surface area contributed by atoms with Crippen molar-refractivity contribution in [2.24, 2.45) is 0 Å². The minimum atomic E-state index is -4.43. The average Bonchev–Trinajstić information content (AvgIpc) is 3.00. The van der Waals surface area contributed by atoms with Crippen molar-refractivity contribution >= 4 is 5.69 Å². The maximum atomic E-state index is 13.5. The first kappa shape index (κ1) is 14.9. The molecule has 0 saturated carbocycles. The lowest BCUT2D eigenvalue weighted by molar-refractivity contribution is -0.137. The van der Waals surface area contributed by atoms with E-state index in [1.165, 1.54) is 12.4 Å². The number of hydrogen-bond acceptors (Lipinski definition) is 4. The normalized spacial score (nSPS) is 19.5. The van der Waals surface area contributed by atoms with E-state index in [2.05, 4.69) is 10.1 Å². The maximum absolute atomic E-state index is 13.5. The summed E-state index contributed by atoms with van der Waals surface area (Å²) >= 11 is 0. The summed E-state index contributed by atoms with van der Waals surface area (Å²) in [5, 5.41) is 3.44. The molecular formula is C15H16F3N3O. The van der Waals surface area contributed by atoms with Crippen LogP contribution in [0.3, 0.4) is 0 Å². The van der Waals surface area contributed by atoms with Gasteiger partial charge in [-0.3, -0.25) is 0 Å². The van der Waals surface area contributed by atoms with Gasteiger partial charge in [0, 0.05) is 23.8 Å². The molecule has 7 heteroatoms. The van der Waals surface area contributed by atoms with E-state index in [9.17, 15) is 13.2 Å². The quantitative estimate of drug-likeness (QED) is 0.836. The van der Waals surface area contributed by atoms with E-state index in [0.717, 1.165) is 25.3 Å². The Labute approximate surface area is 125 Å². The third-order valence-electron chi connectivity index (χ3n) is 4.02. The van der Waals surface area contributed by atoms with Crippen molar-refractivity contribution in [1.29, 1.82) is 0 Å². The second kappa shape index (κ2) is 5.62. The number of hydrogen-bond donors (Lipinski definition) is 0. The first-order valence-corrected chi connectivity index (χ1v) is 7.22. The molecule has 1 aromatic heterocycles. The van der Waals surface area contributed by atoms with Crippen LogP contribution >= 0.6 is 0 Å². The van der Waals surface area contributed by atoms with E-state index in [0.29, 0.717) is 6.54 Å². The van der Waals surface area contributed by atoms with Gasteiger partial charge in [-0.15, -0.1) is 0 Å². The highest BCUT2D eigenvalue weighted by Crippen LogP contribution is 2.40. The molecule has 1 atom stereocenters. The molecule has 0 aliphatic carbocycles. The molecule has 2 heterocycles. The lowest BCUT2D eigenvalue weighted by Crippen LogP contribution is -2.38. The summed E-state index contributed by atoms with van der Waals surface area (Å²) in [4.78, 5) is 5.65. The number of halogens is 3. The minimum absolute atomic E-state index is 0.0868. The number of piperidine rings is 1. The third kappa shape index (κ3) is 2.80. The van der Waals surface area contributed by atoms with Crippen LogP contribution in [0.5, 0.6) is 0 Å². The molecule has 1 saturated heterocycles. The molecule has 2 aromatic rings. The standard InChI is InChI=1S/C15H16F3N3O/c1-10-4-2-3-7-21(10)13-6-5-11(14-19-9-20-22-14)8-12(13)15(16,17)18/h5-6,8-10H,2-4,7H2,1H3. The van der Waals surface area contributed by atoms with Crippen molar-refractivity contribution < 1.29 is 17.7 Å². The first-order chi connectivity index (χ1) is 10.5. The molecule has 0 N–H and O–H groups in total. The predicted octanol–water partition coefficient (Wildman–Crippen LogP) is 4.13. The van der Waals surface area contributed by atoms with Crippen molar-refractivity contribution in [3.63, 3.8) is 0 Å². The lowest BCUT2D eigenvalue weighted by atomic mass is 9.99. The SMILES string of the molecule is CC1CCCCN1c1ccc(-c2ncno2)cc1C(F)(F)F. The van der Waals surface area contributed by atoms with Gasteiger partial charge in [-0.05, 0) is 44.4 Å². The fraction of sp³-hybridized carbons (Fsp3) is 0.467. The van der Waals surface area contributed by atoms with E-state index >= 15 is 0 Å². The van der Waals surface area contributed by atoms with Crippen LogP contribution in [0, 0.1) is 0 Å². The van der Waals surface area contributed by atoms with Crippen LogP contribution in [0.15, 0.2) is 29.0 Å². The van der Waals surface area contributed by atoms with Crippen LogP contribution < -0.4 is 4.90 Å². The molecule has 1 aliphatic rings. The number of aromatic nitrogens is 2. The lowest BCUT2D eigenvalue weighted by Gasteiger charge is -2.37. The van der Waals surface area contributed by atoms with Gasteiger partial charge in [0.15, 0.2) is 6.33 Å². The smallest absolute Gasteiger partial charge is 0.368 e. The van der Waals surface area contributed by atoms with Gasteiger partial charge in [0.05, 0.1) is 5.56 Å². The molecule has 118 valence electrons. The summed E-state index contributed by atoms with van der Waals surface area (Å²) in [6.45, 7) is 2.61. The summed E-state index contributed by atoms with van der Waals surface area (Å²) in [7, 11) is 0. The Kier molecular flexibility index (Phi) is 3.80. The highest BCUT2D eigenvalue weighted by Gasteiger charge is 2.36. The van der Waals surface area contributed by atoms with E-state index in [4.69, 9.17) is 4.52 Å². The molecule has 22 heavy (non-hydrogen) atoms. The van der Waals surface area contributed by atoms with Gasteiger partial charge in [-0.1, -0.05) is 5.16 Å². The van der Waals surface area contributed by atoms with Crippen molar-refractivity contribution in [2.75, 3.05) is 11.4 Å². The zero-order valence-corrected chi connectivity index (χ0v) is 12.1. The Bertz CT molecular complexity index is 640. The minimum Gasteiger partial charge on any atom is -0.368 e. The molecule has 0 bridgehead atoms. The molecule has 1 unspecified atom stereocenters. The van der Waals surface area contributed by atoms with Crippen molar-refractivity contribution in [1.82, 2.24) is 10.1 Å². The highest BCUT2D eigenvalue weighted by atomic mass is 19.4. The maximum Gasteiger partial charge on any atom is 0.418 e. The van der Waals surface area contributed by atoms with Crippen molar-refractivity contribution in [3.05, 3.63) is 30.1 Å². The highest BCUT2D eigenvalue weighted by molar-refractivity contribution is 5.65. The number of benzene rings is 1. The van der Waals surface area contributed by atoms with Crippen LogP contribution in [0.25, 0.3) is 11.5 Å². The van der Waals surface area contributed by atoms with Crippen molar-refractivity contribution in [3.8, 4) is 11.5 Å². The topological polar surface area (TPSA) is 42.2 Å². The summed E-state index contributed by atoms with van der Waals surface area (Å²) in [6.07, 6.45) is -0.388. The predicted molar refractivity (Wildman–Crippen MR) is 75.4 cm³/mol. The van der Waals surface area contributed by atoms with Gasteiger partial charge in [-0.25, -0.2) is 0 Å². The molecule has 0 amide bonds. The molecule has 1 aliphatic heterocycles. The molecule has 1 aromatic carbocycles. The summed E-state index contributed by atoms with van der Waals surface area (Å²) < 4.78 is 45.2. The van der Waals surface area contributed by atoms with Crippen LogP contribution in [-0.4, -0.2) is 22.7 Å². The second-order valence-corrected chi connectivity index (χ2v) is 5.51. The zero-order chi connectivity index (χ0) is 15.7. The number of alkyl halides is 3. The zero-order valence-electron chi connectivity index (χ0n) is 12.1. The molecule has 3 rings (SSSR count). The van der Waals surface area contributed by atoms with Crippen LogP contribution in [0.2, 0.25) is 0 Å². The van der Waals surface area contributed by atoms with Crippen molar-refractivity contribution in [2.45, 2.75) is 38.4 Å². The van der Waals surface area contributed by atoms with Gasteiger partial charge in [0.2, 0.25) is 0 Å². The van der Waals surface area contributed by atoms with E-state index < -0.39 is 11.7 Å². The van der Waals surface area contributed by atoms with Crippen LogP contribution in [0.1, 0.15) is 31.7 Å². The number of rotatable bonds is 2. The molecule has 1 fully saturated rings. The summed E-state index contributed by atoms with van der Waals surface area (Å²) in [5.41, 5.74) is -0.154. The molecule has 0 radical (unpaired) electrons. The monoisotopic (exact) mass is 311 g/mol. The average molecular weight is 311 g/mol. The Hall–Kier alpha value is -2.05. The Morgan fingerprint density at radius 1 is 1.27 bits per heavy atom. The largest absolute Gasteiger partial charge is 0.418 e. The van der Waals surface area contributed by atoms with E-state index in [1.807, 2.05) is 11.8 Å². The first-order valence-electron chi connectivity index (χ1n) is 7.22. The van der Waals surface area contributed by atoms with Gasteiger partial charge >= 0.3 is 6.18 Å². The molecule has 0 spiro atoms. The van der Waals surface area contributed by atoms with Gasteiger partial charge < -0.3 is 9.42 Å². The summed E-state index contributed by atoms with van der Waals surface area (Å²) in [5.74, 6) is 0.0868. The fourth-order valence-corrected chi connectivity index (χ4v) is 2.90. The van der Waals surface area contributed by atoms with Crippen LogP contribution in [-0.2, 0) is 6.18 Å². The molecular weight excluding hydrogens is 295 g/mol. The van der Waals surface area contributed by atoms with Gasteiger partial charge in [0.25, 0.3) is 5.89 Å². The number of anilines is 1. The Balaban J connectivity index is 2.06. The second-order valence-electron chi connectivity index (χ2n) is 5.51. The Morgan fingerprint density at radius 2 is 2.09 bits per heavy atom. The van der Waals surface area contributed by atoms with Crippen LogP contribution in [0.4, 0.5) is 18.9 Å². The van der Waals surface area contributed by atoms with Gasteiger partial charge in [0.1, 0.15) is 0 Å². The van der Waals surface area contributed by atoms with E-state index in [-0.39, 0.29) is 23.2 Å². The third-order valence-corrected chi connectivity index (χ3v) is 4.02. The molecule has 4 nitrogen and oxygen atoms in total. The Morgan fingerprint density at radius 3 is 2.73 bits per heavy atom. The fourth-order valence-electron chi connectivity index (χ4n) is 2.90. The number of nitrogens with zero attached hydrogens (tertiary/aromatic N) is 3. The van der Waals surface area contributed by atoms with E-state index in [1.54, 1.807) is 6.07 Å². The summed E-state index contributed by atoms with van der Waals surface area (Å²) in [6, 6.07) is 4.29. The van der Waals surface area contributed by atoms with Gasteiger partial charge in [-0.2, -0.15) is 18.2 Å².